The van der Waals surface area contributed by atoms with Gasteiger partial charge in [0.05, 0.1) is 19.2 Å². The van der Waals surface area contributed by atoms with Crippen molar-refractivity contribution in [1.29, 1.82) is 0 Å². The molecule has 1 aromatic heterocycles. The molecule has 0 radical (unpaired) electrons. The average molecular weight is 439 g/mol. The zero-order chi connectivity index (χ0) is 22.5. The fraction of sp³-hybridized carbons (Fsp3) is 0.333. The smallest absolute Gasteiger partial charge is 0.337 e. The summed E-state index contributed by atoms with van der Waals surface area (Å²) in [7, 11) is 1.38. The SMILES string of the molecule is COC(=O)c1ccc2c(CN3CCCN(CC(=O)Nc4ccc(F)cc4)CC3)c[nH]c2c1. The third-order valence-corrected chi connectivity index (χ3v) is 5.76. The van der Waals surface area contributed by atoms with Crippen LogP contribution in [0.15, 0.2) is 48.7 Å². The number of aromatic amines is 1. The number of esters is 1. The van der Waals surface area contributed by atoms with E-state index in [1.807, 2.05) is 18.3 Å². The van der Waals surface area contributed by atoms with Gasteiger partial charge >= 0.3 is 5.97 Å². The van der Waals surface area contributed by atoms with Crippen LogP contribution >= 0.6 is 0 Å². The number of nitrogens with zero attached hydrogens (tertiary/aromatic N) is 2. The molecule has 1 amide bonds. The number of carbonyl (C=O) groups is 2. The Bertz CT molecular complexity index is 1100. The van der Waals surface area contributed by atoms with Crippen LogP contribution in [0.2, 0.25) is 0 Å². The lowest BCUT2D eigenvalue weighted by molar-refractivity contribution is -0.117. The molecule has 1 fully saturated rings. The fourth-order valence-corrected chi connectivity index (χ4v) is 4.08. The van der Waals surface area contributed by atoms with Crippen molar-refractivity contribution >= 4 is 28.5 Å². The molecule has 1 aliphatic heterocycles. The number of halogens is 1. The second-order valence-electron chi connectivity index (χ2n) is 8.03. The Hall–Kier alpha value is -3.23. The van der Waals surface area contributed by atoms with Crippen molar-refractivity contribution in [3.63, 3.8) is 0 Å². The Morgan fingerprint density at radius 2 is 1.81 bits per heavy atom. The van der Waals surface area contributed by atoms with Gasteiger partial charge in [-0.25, -0.2) is 9.18 Å². The van der Waals surface area contributed by atoms with Gasteiger partial charge < -0.3 is 15.0 Å². The molecule has 168 valence electrons. The first-order valence-corrected chi connectivity index (χ1v) is 10.7. The van der Waals surface area contributed by atoms with E-state index in [2.05, 4.69) is 20.1 Å². The van der Waals surface area contributed by atoms with E-state index in [1.54, 1.807) is 18.2 Å². The fourth-order valence-electron chi connectivity index (χ4n) is 4.08. The molecule has 32 heavy (non-hydrogen) atoms. The number of carbonyl (C=O) groups excluding carboxylic acids is 2. The second kappa shape index (κ2) is 9.93. The third kappa shape index (κ3) is 5.33. The number of rotatable bonds is 6. The van der Waals surface area contributed by atoms with Crippen molar-refractivity contribution in [2.45, 2.75) is 13.0 Å². The lowest BCUT2D eigenvalue weighted by Gasteiger charge is -2.21. The number of amides is 1. The molecular formula is C24H27FN4O3. The molecule has 0 spiro atoms. The van der Waals surface area contributed by atoms with E-state index in [4.69, 9.17) is 4.74 Å². The van der Waals surface area contributed by atoms with Gasteiger partial charge in [0.1, 0.15) is 5.82 Å². The summed E-state index contributed by atoms with van der Waals surface area (Å²) in [5.74, 6) is -0.767. The summed E-state index contributed by atoms with van der Waals surface area (Å²) in [4.78, 5) is 31.9. The maximum Gasteiger partial charge on any atom is 0.337 e. The molecule has 2 aromatic carbocycles. The number of H-pyrrole nitrogens is 1. The Morgan fingerprint density at radius 1 is 1.06 bits per heavy atom. The highest BCUT2D eigenvalue weighted by Crippen LogP contribution is 2.22. The normalized spacial score (nSPS) is 15.4. The number of methoxy groups -OCH3 is 1. The molecular weight excluding hydrogens is 411 g/mol. The molecule has 2 N–H and O–H groups in total. The summed E-state index contributed by atoms with van der Waals surface area (Å²) < 4.78 is 17.8. The van der Waals surface area contributed by atoms with Crippen LogP contribution < -0.4 is 5.32 Å². The van der Waals surface area contributed by atoms with Crippen molar-refractivity contribution in [3.8, 4) is 0 Å². The van der Waals surface area contributed by atoms with Gasteiger partial charge in [0.25, 0.3) is 0 Å². The molecule has 0 bridgehead atoms. The number of ether oxygens (including phenoxy) is 1. The van der Waals surface area contributed by atoms with Crippen LogP contribution in [0.4, 0.5) is 10.1 Å². The Kier molecular flexibility index (Phi) is 6.82. The average Bonchev–Trinajstić information content (AvgIpc) is 3.06. The van der Waals surface area contributed by atoms with Gasteiger partial charge in [-0.2, -0.15) is 0 Å². The molecule has 1 saturated heterocycles. The molecule has 7 nitrogen and oxygen atoms in total. The van der Waals surface area contributed by atoms with Crippen LogP contribution in [0.5, 0.6) is 0 Å². The van der Waals surface area contributed by atoms with Crippen molar-refractivity contribution in [3.05, 3.63) is 65.6 Å². The Morgan fingerprint density at radius 3 is 2.59 bits per heavy atom. The van der Waals surface area contributed by atoms with Crippen molar-refractivity contribution < 1.29 is 18.7 Å². The predicted octanol–water partition coefficient (Wildman–Crippen LogP) is 3.24. The van der Waals surface area contributed by atoms with E-state index in [-0.39, 0.29) is 17.7 Å². The minimum atomic E-state index is -0.348. The predicted molar refractivity (Wildman–Crippen MR) is 121 cm³/mol. The summed E-state index contributed by atoms with van der Waals surface area (Å²) in [6.07, 6.45) is 2.96. The van der Waals surface area contributed by atoms with Crippen LogP contribution in [0.1, 0.15) is 22.3 Å². The highest BCUT2D eigenvalue weighted by molar-refractivity contribution is 5.95. The molecule has 1 aliphatic rings. The van der Waals surface area contributed by atoms with E-state index >= 15 is 0 Å². The Balaban J connectivity index is 1.32. The van der Waals surface area contributed by atoms with E-state index in [0.29, 0.717) is 17.8 Å². The number of aromatic nitrogens is 1. The topological polar surface area (TPSA) is 77.7 Å². The lowest BCUT2D eigenvalue weighted by Crippen LogP contribution is -2.36. The number of fused-ring (bicyclic) bond motifs is 1. The first-order valence-electron chi connectivity index (χ1n) is 10.7. The van der Waals surface area contributed by atoms with E-state index < -0.39 is 0 Å². The molecule has 4 rings (SSSR count). The van der Waals surface area contributed by atoms with Gasteiger partial charge in [0.2, 0.25) is 5.91 Å². The number of anilines is 1. The molecule has 0 saturated carbocycles. The van der Waals surface area contributed by atoms with Gasteiger partial charge in [-0.1, -0.05) is 6.07 Å². The Labute approximate surface area is 186 Å². The van der Waals surface area contributed by atoms with Crippen LogP contribution in [0, 0.1) is 5.82 Å². The molecule has 0 atom stereocenters. The molecule has 3 aromatic rings. The van der Waals surface area contributed by atoms with E-state index in [0.717, 1.165) is 50.0 Å². The zero-order valence-corrected chi connectivity index (χ0v) is 18.1. The van der Waals surface area contributed by atoms with Gasteiger partial charge in [-0.3, -0.25) is 14.6 Å². The van der Waals surface area contributed by atoms with Crippen molar-refractivity contribution in [1.82, 2.24) is 14.8 Å². The quantitative estimate of drug-likeness (QED) is 0.578. The highest BCUT2D eigenvalue weighted by atomic mass is 19.1. The van der Waals surface area contributed by atoms with Crippen molar-refractivity contribution in [2.24, 2.45) is 0 Å². The van der Waals surface area contributed by atoms with E-state index in [1.165, 1.54) is 24.8 Å². The number of benzene rings is 2. The monoisotopic (exact) mass is 438 g/mol. The minimum absolute atomic E-state index is 0.0944. The van der Waals surface area contributed by atoms with Crippen LogP contribution in [0.3, 0.4) is 0 Å². The maximum absolute atomic E-state index is 13.0. The number of hydrogen-bond acceptors (Lipinski definition) is 5. The minimum Gasteiger partial charge on any atom is -0.465 e. The summed E-state index contributed by atoms with van der Waals surface area (Å²) in [5.41, 5.74) is 3.22. The molecule has 8 heteroatoms. The number of nitrogens with one attached hydrogen (secondary N) is 2. The van der Waals surface area contributed by atoms with Gasteiger partial charge in [0.15, 0.2) is 0 Å². The largest absolute Gasteiger partial charge is 0.465 e. The molecule has 2 heterocycles. The first-order chi connectivity index (χ1) is 15.5. The van der Waals surface area contributed by atoms with Crippen LogP contribution in [-0.2, 0) is 16.1 Å². The van der Waals surface area contributed by atoms with Crippen molar-refractivity contribution in [2.75, 3.05) is 45.2 Å². The summed E-state index contributed by atoms with van der Waals surface area (Å²) in [6.45, 7) is 4.57. The highest BCUT2D eigenvalue weighted by Gasteiger charge is 2.19. The number of hydrogen-bond donors (Lipinski definition) is 2. The van der Waals surface area contributed by atoms with E-state index in [9.17, 15) is 14.0 Å². The van der Waals surface area contributed by atoms with Crippen LogP contribution in [0.25, 0.3) is 10.9 Å². The first kappa shape index (κ1) is 22.0. The standard InChI is InChI=1S/C24H27FN4O3/c1-32-24(31)17-3-8-21-18(14-26-22(21)13-17)15-28-9-2-10-29(12-11-28)16-23(30)27-20-6-4-19(25)5-7-20/h3-8,13-14,26H,2,9-12,15-16H2,1H3,(H,27,30). The summed E-state index contributed by atoms with van der Waals surface area (Å²) >= 11 is 0. The lowest BCUT2D eigenvalue weighted by atomic mass is 10.1. The van der Waals surface area contributed by atoms with Crippen LogP contribution in [-0.4, -0.2) is 66.5 Å². The zero-order valence-electron chi connectivity index (χ0n) is 18.1. The maximum atomic E-state index is 13.0. The molecule has 0 aliphatic carbocycles. The third-order valence-electron chi connectivity index (χ3n) is 5.76. The van der Waals surface area contributed by atoms with Gasteiger partial charge in [-0.05, 0) is 61.5 Å². The van der Waals surface area contributed by atoms with Gasteiger partial charge in [-0.15, -0.1) is 0 Å². The van der Waals surface area contributed by atoms with Gasteiger partial charge in [0, 0.05) is 42.4 Å². The summed E-state index contributed by atoms with van der Waals surface area (Å²) in [5, 5.41) is 3.92. The second-order valence-corrected chi connectivity index (χ2v) is 8.03. The summed E-state index contributed by atoms with van der Waals surface area (Å²) in [6, 6.07) is 11.3. The molecule has 0 unspecified atom stereocenters.